The zero-order chi connectivity index (χ0) is 25.9. The van der Waals surface area contributed by atoms with Crippen LogP contribution < -0.4 is 15.8 Å². The molecular weight excluding hydrogens is 470 g/mol. The number of benzene rings is 1. The van der Waals surface area contributed by atoms with Crippen molar-refractivity contribution in [3.05, 3.63) is 47.7 Å². The van der Waals surface area contributed by atoms with Crippen LogP contribution in [0.15, 0.2) is 36.5 Å². The molecule has 0 atom stereocenters. The van der Waals surface area contributed by atoms with Crippen LogP contribution in [-0.2, 0) is 17.9 Å². The normalized spacial score (nSPS) is 18.2. The molecule has 10 nitrogen and oxygen atoms in total. The Labute approximate surface area is 215 Å². The van der Waals surface area contributed by atoms with Gasteiger partial charge in [0.2, 0.25) is 0 Å². The van der Waals surface area contributed by atoms with E-state index in [9.17, 15) is 14.7 Å². The Morgan fingerprint density at radius 2 is 1.92 bits per heavy atom. The first-order valence-electron chi connectivity index (χ1n) is 12.7. The zero-order valence-corrected chi connectivity index (χ0v) is 21.3. The van der Waals surface area contributed by atoms with Gasteiger partial charge in [-0.1, -0.05) is 6.07 Å². The number of urea groups is 1. The highest BCUT2D eigenvalue weighted by Gasteiger charge is 2.39. The number of nitrogens with one attached hydrogen (secondary N) is 2. The van der Waals surface area contributed by atoms with Crippen molar-refractivity contribution in [3.63, 3.8) is 0 Å². The maximum Gasteiger partial charge on any atom is 0.324 e. The lowest BCUT2D eigenvalue weighted by Crippen LogP contribution is -2.56. The number of aromatic nitrogens is 2. The van der Waals surface area contributed by atoms with Gasteiger partial charge >= 0.3 is 6.03 Å². The number of rotatable bonds is 3. The molecule has 37 heavy (non-hydrogen) atoms. The SMILES string of the molecule is CN1Cc2cnc3ccc(-c4ccc5c(c4)CNN5)nc3c2N(C2CCN(C(=O)C(C)(C)O)CC2)C1=O. The van der Waals surface area contributed by atoms with Crippen molar-refractivity contribution < 1.29 is 14.7 Å². The highest BCUT2D eigenvalue weighted by Crippen LogP contribution is 2.38. The predicted octanol–water partition coefficient (Wildman–Crippen LogP) is 2.86. The molecule has 1 fully saturated rings. The number of hydrogen-bond acceptors (Lipinski definition) is 7. The maximum atomic E-state index is 13.6. The molecule has 1 saturated heterocycles. The molecule has 1 aromatic carbocycles. The zero-order valence-electron chi connectivity index (χ0n) is 21.3. The third kappa shape index (κ3) is 4.06. The second-order valence-electron chi connectivity index (χ2n) is 10.6. The summed E-state index contributed by atoms with van der Waals surface area (Å²) in [5, 5.41) is 10.2. The fourth-order valence-electron chi connectivity index (χ4n) is 5.55. The molecule has 0 bridgehead atoms. The Bertz CT molecular complexity index is 1410. The van der Waals surface area contributed by atoms with Crippen molar-refractivity contribution in [2.45, 2.75) is 51.4 Å². The Balaban J connectivity index is 1.39. The Hall–Kier alpha value is -3.76. The third-order valence-electron chi connectivity index (χ3n) is 7.49. The number of hydrogen-bond donors (Lipinski definition) is 3. The largest absolute Gasteiger partial charge is 0.381 e. The van der Waals surface area contributed by atoms with E-state index in [1.165, 1.54) is 19.4 Å². The van der Waals surface area contributed by atoms with E-state index in [-0.39, 0.29) is 18.0 Å². The number of fused-ring (bicyclic) bond motifs is 4. The van der Waals surface area contributed by atoms with E-state index in [0.29, 0.717) is 38.0 Å². The van der Waals surface area contributed by atoms with Gasteiger partial charge in [0.05, 0.1) is 29.1 Å². The minimum absolute atomic E-state index is 0.0749. The number of amides is 3. The maximum absolute atomic E-state index is 13.6. The number of pyridine rings is 2. The fraction of sp³-hybridized carbons (Fsp3) is 0.407. The molecule has 3 N–H and O–H groups in total. The fourth-order valence-corrected chi connectivity index (χ4v) is 5.55. The Kier molecular flexibility index (Phi) is 5.54. The lowest BCUT2D eigenvalue weighted by molar-refractivity contribution is -0.148. The quantitative estimate of drug-likeness (QED) is 0.506. The second kappa shape index (κ2) is 8.67. The van der Waals surface area contributed by atoms with Crippen LogP contribution in [-0.4, -0.2) is 68.6 Å². The number of likely N-dealkylation sites (tertiary alicyclic amines) is 1. The van der Waals surface area contributed by atoms with Crippen LogP contribution in [0.2, 0.25) is 0 Å². The van der Waals surface area contributed by atoms with Crippen LogP contribution in [0.25, 0.3) is 22.3 Å². The molecule has 10 heteroatoms. The van der Waals surface area contributed by atoms with Gasteiger partial charge in [-0.25, -0.2) is 15.2 Å². The van der Waals surface area contributed by atoms with Gasteiger partial charge in [0.1, 0.15) is 11.1 Å². The van der Waals surface area contributed by atoms with Crippen molar-refractivity contribution in [1.29, 1.82) is 0 Å². The van der Waals surface area contributed by atoms with Gasteiger partial charge in [-0.3, -0.25) is 14.7 Å². The molecule has 2 aromatic heterocycles. The number of hydrazine groups is 1. The molecule has 192 valence electrons. The summed E-state index contributed by atoms with van der Waals surface area (Å²) >= 11 is 0. The number of aliphatic hydroxyl groups is 1. The highest BCUT2D eigenvalue weighted by molar-refractivity contribution is 6.04. The Morgan fingerprint density at radius 1 is 1.14 bits per heavy atom. The van der Waals surface area contributed by atoms with E-state index in [1.807, 2.05) is 35.4 Å². The van der Waals surface area contributed by atoms with E-state index in [2.05, 4.69) is 21.9 Å². The number of anilines is 2. The molecule has 5 heterocycles. The lowest BCUT2D eigenvalue weighted by atomic mass is 9.98. The minimum Gasteiger partial charge on any atom is -0.381 e. The lowest BCUT2D eigenvalue weighted by Gasteiger charge is -2.43. The number of carbonyl (C=O) groups excluding carboxylic acids is 2. The van der Waals surface area contributed by atoms with Crippen LogP contribution in [0, 0.1) is 0 Å². The van der Waals surface area contributed by atoms with Crippen molar-refractivity contribution in [3.8, 4) is 11.3 Å². The van der Waals surface area contributed by atoms with Crippen LogP contribution in [0.3, 0.4) is 0 Å². The first-order chi connectivity index (χ1) is 17.7. The van der Waals surface area contributed by atoms with E-state index in [0.717, 1.165) is 40.3 Å². The van der Waals surface area contributed by atoms with E-state index >= 15 is 0 Å². The van der Waals surface area contributed by atoms with Gasteiger partial charge in [-0.15, -0.1) is 0 Å². The predicted molar refractivity (Wildman–Crippen MR) is 141 cm³/mol. The topological polar surface area (TPSA) is 114 Å². The van der Waals surface area contributed by atoms with E-state index < -0.39 is 5.60 Å². The molecule has 3 aliphatic rings. The highest BCUT2D eigenvalue weighted by atomic mass is 16.3. The van der Waals surface area contributed by atoms with Crippen LogP contribution in [0.5, 0.6) is 0 Å². The summed E-state index contributed by atoms with van der Waals surface area (Å²) in [4.78, 5) is 41.1. The summed E-state index contributed by atoms with van der Waals surface area (Å²) in [6.45, 7) is 5.20. The third-order valence-corrected chi connectivity index (χ3v) is 7.49. The summed E-state index contributed by atoms with van der Waals surface area (Å²) in [5.74, 6) is -0.283. The monoisotopic (exact) mass is 501 g/mol. The standard InChI is InChI=1S/C27H31N7O3/c1-27(2,37)25(35)33-10-8-19(9-11-33)34-24-18(15-32(3)26(34)36)13-28-22-7-6-20(30-23(22)24)16-4-5-21-17(12-16)14-29-31-21/h4-7,12-13,19,29,31,37H,8-11,14-15H2,1-3H3. The Morgan fingerprint density at radius 3 is 2.68 bits per heavy atom. The van der Waals surface area contributed by atoms with Crippen molar-refractivity contribution in [1.82, 2.24) is 25.2 Å². The van der Waals surface area contributed by atoms with Crippen molar-refractivity contribution in [2.75, 3.05) is 30.5 Å². The number of piperidine rings is 1. The van der Waals surface area contributed by atoms with Crippen molar-refractivity contribution >= 4 is 34.3 Å². The molecule has 6 rings (SSSR count). The van der Waals surface area contributed by atoms with Gasteiger partial charge in [-0.2, -0.15) is 0 Å². The molecule has 0 aliphatic carbocycles. The number of carbonyl (C=O) groups is 2. The first-order valence-corrected chi connectivity index (χ1v) is 12.7. The summed E-state index contributed by atoms with van der Waals surface area (Å²) < 4.78 is 0. The molecule has 3 amide bonds. The molecule has 0 unspecified atom stereocenters. The van der Waals surface area contributed by atoms with Crippen molar-refractivity contribution in [2.24, 2.45) is 0 Å². The van der Waals surface area contributed by atoms with Gasteiger partial charge in [0.15, 0.2) is 0 Å². The molecule has 0 saturated carbocycles. The van der Waals surface area contributed by atoms with Gasteiger partial charge in [0.25, 0.3) is 5.91 Å². The summed E-state index contributed by atoms with van der Waals surface area (Å²) in [6.07, 6.45) is 3.08. The van der Waals surface area contributed by atoms with Crippen LogP contribution >= 0.6 is 0 Å². The summed E-state index contributed by atoms with van der Waals surface area (Å²) in [5.41, 5.74) is 12.2. The molecule has 0 radical (unpaired) electrons. The minimum atomic E-state index is -1.41. The molecule has 0 spiro atoms. The van der Waals surface area contributed by atoms with Gasteiger partial charge < -0.3 is 20.3 Å². The van der Waals surface area contributed by atoms with E-state index in [4.69, 9.17) is 4.98 Å². The van der Waals surface area contributed by atoms with Crippen LogP contribution in [0.4, 0.5) is 16.2 Å². The van der Waals surface area contributed by atoms with E-state index in [1.54, 1.807) is 16.8 Å². The first kappa shape index (κ1) is 23.6. The summed E-state index contributed by atoms with van der Waals surface area (Å²) in [6, 6.07) is 9.99. The smallest absolute Gasteiger partial charge is 0.324 e. The molecule has 3 aliphatic heterocycles. The summed E-state index contributed by atoms with van der Waals surface area (Å²) in [7, 11) is 1.80. The number of nitrogens with zero attached hydrogens (tertiary/aromatic N) is 5. The molecular formula is C27H31N7O3. The van der Waals surface area contributed by atoms with Gasteiger partial charge in [-0.05, 0) is 56.5 Å². The van der Waals surface area contributed by atoms with Crippen LogP contribution in [0.1, 0.15) is 37.8 Å². The van der Waals surface area contributed by atoms with Gasteiger partial charge in [0, 0.05) is 50.0 Å². The average molecular weight is 502 g/mol. The second-order valence-corrected chi connectivity index (χ2v) is 10.6. The average Bonchev–Trinajstić information content (AvgIpc) is 3.36. The molecule has 3 aromatic rings.